The maximum Gasteiger partial charge on any atom is 0.274 e. The summed E-state index contributed by atoms with van der Waals surface area (Å²) in [6, 6.07) is 5.46. The van der Waals surface area contributed by atoms with Gasteiger partial charge in [-0.25, -0.2) is 4.98 Å². The molecule has 0 fully saturated rings. The molecule has 0 aliphatic heterocycles. The summed E-state index contributed by atoms with van der Waals surface area (Å²) in [5, 5.41) is 0.832. The van der Waals surface area contributed by atoms with Crippen LogP contribution in [0.3, 0.4) is 0 Å². The number of hydrogen-bond acceptors (Lipinski definition) is 3. The third-order valence-corrected chi connectivity index (χ3v) is 3.19. The second-order valence-electron chi connectivity index (χ2n) is 4.88. The van der Waals surface area contributed by atoms with Gasteiger partial charge in [-0.3, -0.25) is 15.0 Å². The van der Waals surface area contributed by atoms with Crippen molar-refractivity contribution >= 4 is 16.9 Å². The Balaban J connectivity index is 2.31. The second-order valence-corrected chi connectivity index (χ2v) is 4.88. The molecule has 0 aliphatic carbocycles. The fraction of sp³-hybridized carbons (Fsp3) is 0.400. The van der Waals surface area contributed by atoms with Crippen molar-refractivity contribution in [2.24, 2.45) is 0 Å². The van der Waals surface area contributed by atoms with Gasteiger partial charge in [-0.05, 0) is 31.5 Å². The summed E-state index contributed by atoms with van der Waals surface area (Å²) in [6.07, 6.45) is 4.92. The second kappa shape index (κ2) is 6.32. The van der Waals surface area contributed by atoms with Crippen LogP contribution in [0, 0.1) is 6.92 Å². The van der Waals surface area contributed by atoms with Gasteiger partial charge in [0.1, 0.15) is 0 Å². The molecule has 0 aromatic carbocycles. The quantitative estimate of drug-likeness (QED) is 0.850. The molecule has 106 valence electrons. The summed E-state index contributed by atoms with van der Waals surface area (Å²) >= 11 is 0. The van der Waals surface area contributed by atoms with Gasteiger partial charge < -0.3 is 0 Å². The highest BCUT2D eigenvalue weighted by Gasteiger charge is 2.10. The van der Waals surface area contributed by atoms with E-state index in [2.05, 4.69) is 17.3 Å². The van der Waals surface area contributed by atoms with E-state index in [0.29, 0.717) is 17.6 Å². The first kappa shape index (κ1) is 14.2. The summed E-state index contributed by atoms with van der Waals surface area (Å²) in [4.78, 5) is 28.2. The average molecular weight is 273 g/mol. The summed E-state index contributed by atoms with van der Waals surface area (Å²) in [5.74, 6) is -0.155. The Labute approximate surface area is 117 Å². The molecule has 2 aromatic heterocycles. The molecule has 0 bridgehead atoms. The highest BCUT2D eigenvalue weighted by molar-refractivity contribution is 5.86. The number of hydrogen-bond donors (Lipinski definition) is 1. The monoisotopic (exact) mass is 273 g/mol. The number of nitrogens with one attached hydrogen (secondary N) is 1. The lowest BCUT2D eigenvalue weighted by atomic mass is 10.2. The zero-order chi connectivity index (χ0) is 14.5. The molecular formula is C15H19N3O2. The van der Waals surface area contributed by atoms with Crippen molar-refractivity contribution in [2.75, 3.05) is 5.43 Å². The molecule has 5 heteroatoms. The largest absolute Gasteiger partial charge is 0.274 e. The molecule has 2 rings (SSSR count). The van der Waals surface area contributed by atoms with Crippen molar-refractivity contribution in [1.82, 2.24) is 9.66 Å². The summed E-state index contributed by atoms with van der Waals surface area (Å²) < 4.78 is 1.25. The Bertz CT molecular complexity index is 676. The van der Waals surface area contributed by atoms with E-state index in [1.165, 1.54) is 4.68 Å². The van der Waals surface area contributed by atoms with Gasteiger partial charge in [0.25, 0.3) is 5.56 Å². The molecule has 0 saturated carbocycles. The van der Waals surface area contributed by atoms with E-state index in [1.54, 1.807) is 25.3 Å². The van der Waals surface area contributed by atoms with Crippen LogP contribution in [-0.4, -0.2) is 15.6 Å². The minimum Gasteiger partial charge on any atom is -0.273 e. The van der Waals surface area contributed by atoms with Gasteiger partial charge in [-0.15, -0.1) is 0 Å². The average Bonchev–Trinajstić information content (AvgIpc) is 2.44. The molecule has 1 amide bonds. The van der Waals surface area contributed by atoms with E-state index in [-0.39, 0.29) is 11.5 Å². The maximum absolute atomic E-state index is 12.2. The number of unbranched alkanes of at least 4 members (excludes halogenated alkanes) is 2. The van der Waals surface area contributed by atoms with Crippen LogP contribution >= 0.6 is 0 Å². The minimum atomic E-state index is -0.236. The van der Waals surface area contributed by atoms with Gasteiger partial charge in [0.05, 0.1) is 0 Å². The zero-order valence-electron chi connectivity index (χ0n) is 11.8. The molecule has 0 saturated heterocycles. The summed E-state index contributed by atoms with van der Waals surface area (Å²) in [5.41, 5.74) is 3.48. The maximum atomic E-state index is 12.2. The molecule has 0 radical (unpaired) electrons. The van der Waals surface area contributed by atoms with E-state index < -0.39 is 0 Å². The van der Waals surface area contributed by atoms with Crippen LogP contribution < -0.4 is 11.0 Å². The fourth-order valence-electron chi connectivity index (χ4n) is 2.10. The van der Waals surface area contributed by atoms with Crippen LogP contribution in [0.2, 0.25) is 0 Å². The molecule has 2 aromatic rings. The number of aromatic nitrogens is 2. The number of amides is 1. The fourth-order valence-corrected chi connectivity index (χ4v) is 2.10. The van der Waals surface area contributed by atoms with Crippen molar-refractivity contribution in [3.05, 3.63) is 40.3 Å². The van der Waals surface area contributed by atoms with Crippen LogP contribution in [0.4, 0.5) is 0 Å². The standard InChI is InChI=1S/C15H19N3O2/c1-3-4-5-8-13(19)17-18-14-12(7-6-9-16-14)10-11(2)15(18)20/h6-7,9-10H,3-5,8H2,1-2H3,(H,17,19). The zero-order valence-corrected chi connectivity index (χ0v) is 11.8. The van der Waals surface area contributed by atoms with Crippen LogP contribution in [-0.2, 0) is 4.79 Å². The molecule has 0 spiro atoms. The van der Waals surface area contributed by atoms with E-state index in [0.717, 1.165) is 24.6 Å². The number of rotatable bonds is 5. The number of carbonyl (C=O) groups excluding carboxylic acids is 1. The summed E-state index contributed by atoms with van der Waals surface area (Å²) in [7, 11) is 0. The van der Waals surface area contributed by atoms with Gasteiger partial charge >= 0.3 is 0 Å². The van der Waals surface area contributed by atoms with E-state index >= 15 is 0 Å². The van der Waals surface area contributed by atoms with Gasteiger partial charge in [-0.1, -0.05) is 19.8 Å². The molecule has 1 N–H and O–H groups in total. The highest BCUT2D eigenvalue weighted by atomic mass is 16.2. The third-order valence-electron chi connectivity index (χ3n) is 3.19. The Morgan fingerprint density at radius 3 is 2.95 bits per heavy atom. The predicted octanol–water partition coefficient (Wildman–Crippen LogP) is 2.36. The SMILES string of the molecule is CCCCCC(=O)Nn1c(=O)c(C)cc2cccnc21. The van der Waals surface area contributed by atoms with Crippen LogP contribution in [0.1, 0.15) is 38.2 Å². The van der Waals surface area contributed by atoms with Crippen molar-refractivity contribution in [3.8, 4) is 0 Å². The van der Waals surface area contributed by atoms with E-state index in [4.69, 9.17) is 0 Å². The lowest BCUT2D eigenvalue weighted by Crippen LogP contribution is -2.34. The topological polar surface area (TPSA) is 64.0 Å². The van der Waals surface area contributed by atoms with Gasteiger partial charge in [0.15, 0.2) is 5.65 Å². The normalized spacial score (nSPS) is 10.7. The number of nitrogens with zero attached hydrogens (tertiary/aromatic N) is 2. The first-order chi connectivity index (χ1) is 9.63. The van der Waals surface area contributed by atoms with Crippen LogP contribution in [0.25, 0.3) is 11.0 Å². The highest BCUT2D eigenvalue weighted by Crippen LogP contribution is 2.09. The third kappa shape index (κ3) is 3.04. The number of aryl methyl sites for hydroxylation is 1. The van der Waals surface area contributed by atoms with Crippen molar-refractivity contribution in [1.29, 1.82) is 0 Å². The molecule has 0 atom stereocenters. The first-order valence-corrected chi connectivity index (χ1v) is 6.90. The minimum absolute atomic E-state index is 0.155. The Kier molecular flexibility index (Phi) is 4.50. The summed E-state index contributed by atoms with van der Waals surface area (Å²) in [6.45, 7) is 3.81. The first-order valence-electron chi connectivity index (χ1n) is 6.90. The molecule has 0 unspecified atom stereocenters. The van der Waals surface area contributed by atoms with Crippen molar-refractivity contribution < 1.29 is 4.79 Å². The van der Waals surface area contributed by atoms with E-state index in [9.17, 15) is 9.59 Å². The molecule has 2 heterocycles. The predicted molar refractivity (Wildman–Crippen MR) is 79.2 cm³/mol. The number of fused-ring (bicyclic) bond motifs is 1. The Morgan fingerprint density at radius 2 is 2.20 bits per heavy atom. The van der Waals surface area contributed by atoms with Gasteiger partial charge in [0, 0.05) is 23.6 Å². The van der Waals surface area contributed by atoms with Gasteiger partial charge in [0.2, 0.25) is 5.91 Å². The molecule has 20 heavy (non-hydrogen) atoms. The number of pyridine rings is 2. The van der Waals surface area contributed by atoms with Gasteiger partial charge in [-0.2, -0.15) is 4.68 Å². The smallest absolute Gasteiger partial charge is 0.273 e. The molecular weight excluding hydrogens is 254 g/mol. The Morgan fingerprint density at radius 1 is 1.40 bits per heavy atom. The van der Waals surface area contributed by atoms with Crippen LogP contribution in [0.15, 0.2) is 29.2 Å². The van der Waals surface area contributed by atoms with Crippen molar-refractivity contribution in [2.45, 2.75) is 39.5 Å². The molecule has 5 nitrogen and oxygen atoms in total. The van der Waals surface area contributed by atoms with Crippen molar-refractivity contribution in [3.63, 3.8) is 0 Å². The van der Waals surface area contributed by atoms with E-state index in [1.807, 2.05) is 6.07 Å². The Hall–Kier alpha value is -2.17. The lowest BCUT2D eigenvalue weighted by Gasteiger charge is -2.11. The number of carbonyl (C=O) groups is 1. The molecule has 0 aliphatic rings. The van der Waals surface area contributed by atoms with Crippen LogP contribution in [0.5, 0.6) is 0 Å². The lowest BCUT2D eigenvalue weighted by molar-refractivity contribution is -0.117.